The first-order valence-electron chi connectivity index (χ1n) is 8.88. The third-order valence-corrected chi connectivity index (χ3v) is 4.56. The molecule has 2 aromatic rings. The zero-order chi connectivity index (χ0) is 18.2. The number of H-pyrrole nitrogens is 1. The molecule has 1 heterocycles. The number of amides is 2. The summed E-state index contributed by atoms with van der Waals surface area (Å²) in [6.07, 6.45) is 8.66. The number of aromatic nitrogens is 3. The van der Waals surface area contributed by atoms with Crippen LogP contribution in [0, 0.1) is 5.92 Å². The molecule has 2 amide bonds. The van der Waals surface area contributed by atoms with Crippen molar-refractivity contribution in [3.8, 4) is 0 Å². The third-order valence-electron chi connectivity index (χ3n) is 4.56. The number of nitrogens with one attached hydrogen (secondary N) is 3. The van der Waals surface area contributed by atoms with Crippen molar-refractivity contribution in [2.24, 2.45) is 5.92 Å². The predicted molar refractivity (Wildman–Crippen MR) is 98.1 cm³/mol. The van der Waals surface area contributed by atoms with Gasteiger partial charge in [-0.2, -0.15) is 15.4 Å². The topological polar surface area (TPSA) is 99.8 Å². The number of nitrogens with zero attached hydrogens (tertiary/aromatic N) is 2. The van der Waals surface area contributed by atoms with E-state index in [1.165, 1.54) is 6.20 Å². The molecule has 1 aliphatic rings. The molecule has 0 radical (unpaired) electrons. The van der Waals surface area contributed by atoms with Crippen LogP contribution in [-0.2, 0) is 4.79 Å². The summed E-state index contributed by atoms with van der Waals surface area (Å²) < 4.78 is 0. The highest BCUT2D eigenvalue weighted by Crippen LogP contribution is 2.24. The highest BCUT2D eigenvalue weighted by atomic mass is 16.2. The van der Waals surface area contributed by atoms with Gasteiger partial charge in [0.2, 0.25) is 5.91 Å². The Hall–Kier alpha value is -2.96. The van der Waals surface area contributed by atoms with Gasteiger partial charge in [-0.25, -0.2) is 0 Å². The number of carbonyl (C=O) groups is 2. The fourth-order valence-corrected chi connectivity index (χ4v) is 3.22. The van der Waals surface area contributed by atoms with Gasteiger partial charge in [-0.15, -0.1) is 0 Å². The van der Waals surface area contributed by atoms with Crippen molar-refractivity contribution in [1.82, 2.24) is 26.0 Å². The first-order chi connectivity index (χ1) is 12.7. The average molecular weight is 353 g/mol. The number of carbonyl (C=O) groups excluding carboxylic acids is 2. The summed E-state index contributed by atoms with van der Waals surface area (Å²) >= 11 is 0. The summed E-state index contributed by atoms with van der Waals surface area (Å²) in [6.45, 7) is 0.619. The number of aromatic amines is 1. The fourth-order valence-electron chi connectivity index (χ4n) is 3.22. The van der Waals surface area contributed by atoms with Gasteiger partial charge in [0.1, 0.15) is 0 Å². The van der Waals surface area contributed by atoms with Gasteiger partial charge in [0.25, 0.3) is 5.91 Å². The predicted octanol–water partition coefficient (Wildman–Crippen LogP) is 1.92. The van der Waals surface area contributed by atoms with Crippen LogP contribution in [0.25, 0.3) is 6.08 Å². The Kier molecular flexibility index (Phi) is 6.14. The van der Waals surface area contributed by atoms with Crippen LogP contribution in [-0.4, -0.2) is 39.8 Å². The van der Waals surface area contributed by atoms with E-state index in [2.05, 4.69) is 26.0 Å². The maximum atomic E-state index is 12.1. The van der Waals surface area contributed by atoms with E-state index in [1.54, 1.807) is 12.2 Å². The minimum Gasteiger partial charge on any atom is -0.352 e. The Morgan fingerprint density at radius 2 is 2.08 bits per heavy atom. The number of benzene rings is 1. The van der Waals surface area contributed by atoms with Crippen molar-refractivity contribution >= 4 is 17.9 Å². The van der Waals surface area contributed by atoms with Gasteiger partial charge < -0.3 is 10.6 Å². The second-order valence-electron chi connectivity index (χ2n) is 6.55. The van der Waals surface area contributed by atoms with Gasteiger partial charge in [0.15, 0.2) is 5.69 Å². The fraction of sp³-hybridized carbons (Fsp3) is 0.368. The lowest BCUT2D eigenvalue weighted by Crippen LogP contribution is -2.41. The highest BCUT2D eigenvalue weighted by molar-refractivity contribution is 5.92. The van der Waals surface area contributed by atoms with Crippen LogP contribution in [0.5, 0.6) is 0 Å². The molecule has 7 nitrogen and oxygen atoms in total. The quantitative estimate of drug-likeness (QED) is 0.691. The lowest BCUT2D eigenvalue weighted by Gasteiger charge is -2.29. The average Bonchev–Trinajstić information content (AvgIpc) is 3.21. The van der Waals surface area contributed by atoms with Crippen LogP contribution in [0.4, 0.5) is 0 Å². The molecule has 3 rings (SSSR count). The second kappa shape index (κ2) is 8.94. The van der Waals surface area contributed by atoms with Crippen molar-refractivity contribution < 1.29 is 9.59 Å². The largest absolute Gasteiger partial charge is 0.352 e. The van der Waals surface area contributed by atoms with Crippen LogP contribution in [0.3, 0.4) is 0 Å². The molecule has 1 saturated carbocycles. The molecule has 0 unspecified atom stereocenters. The van der Waals surface area contributed by atoms with Gasteiger partial charge in [-0.1, -0.05) is 36.8 Å². The van der Waals surface area contributed by atoms with Crippen molar-refractivity contribution in [3.05, 3.63) is 53.9 Å². The maximum absolute atomic E-state index is 12.1. The van der Waals surface area contributed by atoms with E-state index in [0.717, 1.165) is 31.2 Å². The summed E-state index contributed by atoms with van der Waals surface area (Å²) in [5.74, 6) is 0.0577. The minimum absolute atomic E-state index is 0.0948. The Morgan fingerprint density at radius 1 is 1.23 bits per heavy atom. The van der Waals surface area contributed by atoms with Crippen molar-refractivity contribution in [2.45, 2.75) is 31.7 Å². The number of hydrogen-bond donors (Lipinski definition) is 3. The molecular weight excluding hydrogens is 330 g/mol. The summed E-state index contributed by atoms with van der Waals surface area (Å²) in [5, 5.41) is 15.8. The molecule has 3 N–H and O–H groups in total. The summed E-state index contributed by atoms with van der Waals surface area (Å²) in [7, 11) is 0. The Labute approximate surface area is 152 Å². The molecule has 26 heavy (non-hydrogen) atoms. The Morgan fingerprint density at radius 3 is 2.85 bits per heavy atom. The summed E-state index contributed by atoms with van der Waals surface area (Å²) in [4.78, 5) is 24.0. The molecular formula is C19H23N5O2. The zero-order valence-electron chi connectivity index (χ0n) is 14.5. The van der Waals surface area contributed by atoms with Gasteiger partial charge in [0.05, 0.1) is 6.20 Å². The molecule has 0 spiro atoms. The van der Waals surface area contributed by atoms with Crippen LogP contribution in [0.2, 0.25) is 0 Å². The van der Waals surface area contributed by atoms with Crippen LogP contribution >= 0.6 is 0 Å². The van der Waals surface area contributed by atoms with Crippen LogP contribution < -0.4 is 10.6 Å². The molecule has 2 atom stereocenters. The summed E-state index contributed by atoms with van der Waals surface area (Å²) in [6, 6.07) is 9.83. The Balaban J connectivity index is 1.42. The molecule has 0 saturated heterocycles. The summed E-state index contributed by atoms with van der Waals surface area (Å²) in [5.41, 5.74) is 1.29. The van der Waals surface area contributed by atoms with Crippen molar-refractivity contribution in [1.29, 1.82) is 0 Å². The zero-order valence-corrected chi connectivity index (χ0v) is 14.5. The van der Waals surface area contributed by atoms with E-state index >= 15 is 0 Å². The minimum atomic E-state index is -0.209. The lowest BCUT2D eigenvalue weighted by atomic mass is 9.85. The molecule has 1 fully saturated rings. The second-order valence-corrected chi connectivity index (χ2v) is 6.55. The molecule has 1 aromatic heterocycles. The van der Waals surface area contributed by atoms with Gasteiger partial charge in [-0.05, 0) is 36.8 Å². The SMILES string of the molecule is O=C(C=Cc1ccccc1)NC[C@@H]1CCC[C@H](NC(=O)c2cn[nH]n2)C1. The van der Waals surface area contributed by atoms with E-state index in [0.29, 0.717) is 18.2 Å². The number of hydrogen-bond acceptors (Lipinski definition) is 4. The molecule has 1 aliphatic carbocycles. The molecule has 0 bridgehead atoms. The first-order valence-corrected chi connectivity index (χ1v) is 8.88. The Bertz CT molecular complexity index is 743. The standard InChI is InChI=1S/C19H23N5O2/c25-18(10-9-14-5-2-1-3-6-14)20-12-15-7-4-8-16(11-15)22-19(26)17-13-21-24-23-17/h1-3,5-6,9-10,13,15-16H,4,7-8,11-12H2,(H,20,25)(H,22,26)(H,21,23,24)/t15-,16+/m1/s1. The van der Waals surface area contributed by atoms with Gasteiger partial charge in [-0.3, -0.25) is 9.59 Å². The molecule has 7 heteroatoms. The normalized spacial score (nSPS) is 20.0. The van der Waals surface area contributed by atoms with Gasteiger partial charge in [0, 0.05) is 18.7 Å². The lowest BCUT2D eigenvalue weighted by molar-refractivity contribution is -0.116. The monoisotopic (exact) mass is 353 g/mol. The van der Waals surface area contributed by atoms with E-state index in [-0.39, 0.29) is 17.9 Å². The van der Waals surface area contributed by atoms with Crippen LogP contribution in [0.15, 0.2) is 42.6 Å². The molecule has 136 valence electrons. The third kappa shape index (κ3) is 5.27. The van der Waals surface area contributed by atoms with Crippen molar-refractivity contribution in [2.75, 3.05) is 6.54 Å². The van der Waals surface area contributed by atoms with Crippen LogP contribution in [0.1, 0.15) is 41.7 Å². The van der Waals surface area contributed by atoms with E-state index < -0.39 is 0 Å². The van der Waals surface area contributed by atoms with E-state index in [4.69, 9.17) is 0 Å². The van der Waals surface area contributed by atoms with Crippen molar-refractivity contribution in [3.63, 3.8) is 0 Å². The maximum Gasteiger partial charge on any atom is 0.273 e. The highest BCUT2D eigenvalue weighted by Gasteiger charge is 2.24. The smallest absolute Gasteiger partial charge is 0.273 e. The van der Waals surface area contributed by atoms with E-state index in [9.17, 15) is 9.59 Å². The molecule has 0 aliphatic heterocycles. The first kappa shape index (κ1) is 17.8. The number of rotatable bonds is 6. The molecule has 1 aromatic carbocycles. The van der Waals surface area contributed by atoms with E-state index in [1.807, 2.05) is 30.3 Å². The van der Waals surface area contributed by atoms with Gasteiger partial charge >= 0.3 is 0 Å².